The first-order valence-corrected chi connectivity index (χ1v) is 10.6. The molecule has 0 unspecified atom stereocenters. The van der Waals surface area contributed by atoms with Gasteiger partial charge in [-0.05, 0) is 24.3 Å². The number of anilines is 1. The van der Waals surface area contributed by atoms with Crippen LogP contribution in [0, 0.1) is 21.4 Å². The smallest absolute Gasteiger partial charge is 0.278 e. The van der Waals surface area contributed by atoms with Crippen molar-refractivity contribution in [1.29, 1.82) is 5.26 Å². The molecular formula is C20H17N5O4S. The molecule has 0 spiro atoms. The van der Waals surface area contributed by atoms with Gasteiger partial charge in [0, 0.05) is 55.7 Å². The van der Waals surface area contributed by atoms with E-state index in [1.807, 2.05) is 11.0 Å². The molecule has 0 amide bonds. The summed E-state index contributed by atoms with van der Waals surface area (Å²) in [7, 11) is -3.79. The van der Waals surface area contributed by atoms with Crippen molar-refractivity contribution in [3.63, 3.8) is 0 Å². The molecule has 0 atom stereocenters. The Morgan fingerprint density at radius 3 is 2.47 bits per heavy atom. The van der Waals surface area contributed by atoms with Crippen LogP contribution in [0.2, 0.25) is 0 Å². The fraction of sp³-hybridized carbons (Fsp3) is 0.200. The number of hydrogen-bond acceptors (Lipinski definition) is 7. The van der Waals surface area contributed by atoms with Crippen LogP contribution in [0.3, 0.4) is 0 Å². The molecule has 152 valence electrons. The summed E-state index contributed by atoms with van der Waals surface area (Å²) in [5.41, 5.74) is 0.900. The van der Waals surface area contributed by atoms with Crippen LogP contribution in [0.15, 0.2) is 59.8 Å². The molecule has 0 bridgehead atoms. The molecule has 9 nitrogen and oxygen atoms in total. The summed E-state index contributed by atoms with van der Waals surface area (Å²) in [6, 6.07) is 13.0. The summed E-state index contributed by atoms with van der Waals surface area (Å²) >= 11 is 0. The number of hydrogen-bond donors (Lipinski definition) is 0. The third kappa shape index (κ3) is 3.34. The Kier molecular flexibility index (Phi) is 5.07. The summed E-state index contributed by atoms with van der Waals surface area (Å²) in [6.07, 6.45) is 3.05. The SMILES string of the molecule is N#Cc1ccccc1S(=O)(=O)N1CCN(c2ccc([N+](=O)[O-])c3cnccc23)CC1. The topological polar surface area (TPSA) is 120 Å². The van der Waals surface area contributed by atoms with Gasteiger partial charge >= 0.3 is 0 Å². The number of non-ortho nitro benzene ring substituents is 1. The number of piperazine rings is 1. The van der Waals surface area contributed by atoms with E-state index in [1.165, 1.54) is 28.7 Å². The van der Waals surface area contributed by atoms with Gasteiger partial charge in [-0.2, -0.15) is 9.57 Å². The number of pyridine rings is 1. The van der Waals surface area contributed by atoms with E-state index in [0.29, 0.717) is 23.9 Å². The fourth-order valence-electron chi connectivity index (χ4n) is 3.69. The molecule has 0 N–H and O–H groups in total. The third-order valence-corrected chi connectivity index (χ3v) is 7.13. The maximum Gasteiger partial charge on any atom is 0.278 e. The van der Waals surface area contributed by atoms with Crippen LogP contribution in [0.1, 0.15) is 5.56 Å². The van der Waals surface area contributed by atoms with Gasteiger partial charge in [0.15, 0.2) is 0 Å². The highest BCUT2D eigenvalue weighted by Crippen LogP contribution is 2.34. The van der Waals surface area contributed by atoms with Gasteiger partial charge in [-0.25, -0.2) is 8.42 Å². The molecule has 1 fully saturated rings. The lowest BCUT2D eigenvalue weighted by atomic mass is 10.1. The summed E-state index contributed by atoms with van der Waals surface area (Å²) in [5, 5.41) is 21.7. The zero-order valence-electron chi connectivity index (χ0n) is 15.8. The summed E-state index contributed by atoms with van der Waals surface area (Å²) in [6.45, 7) is 1.32. The molecular weight excluding hydrogens is 406 g/mol. The van der Waals surface area contributed by atoms with E-state index >= 15 is 0 Å². The first kappa shape index (κ1) is 19.8. The number of benzene rings is 2. The van der Waals surface area contributed by atoms with Crippen molar-refractivity contribution < 1.29 is 13.3 Å². The summed E-state index contributed by atoms with van der Waals surface area (Å²) in [5.74, 6) is 0. The van der Waals surface area contributed by atoms with Crippen LogP contribution < -0.4 is 4.90 Å². The summed E-state index contributed by atoms with van der Waals surface area (Å²) in [4.78, 5) is 16.9. The fourth-order valence-corrected chi connectivity index (χ4v) is 5.25. The predicted octanol–water partition coefficient (Wildman–Crippen LogP) is 2.53. The van der Waals surface area contributed by atoms with Gasteiger partial charge in [0.05, 0.1) is 20.8 Å². The van der Waals surface area contributed by atoms with Crippen molar-refractivity contribution in [3.05, 3.63) is 70.5 Å². The van der Waals surface area contributed by atoms with Crippen molar-refractivity contribution in [2.45, 2.75) is 4.90 Å². The number of sulfonamides is 1. The van der Waals surface area contributed by atoms with Crippen LogP contribution in [-0.4, -0.2) is 48.8 Å². The Labute approximate surface area is 173 Å². The molecule has 1 aliphatic rings. The Bertz CT molecular complexity index is 1280. The third-order valence-electron chi connectivity index (χ3n) is 5.17. The van der Waals surface area contributed by atoms with Crippen molar-refractivity contribution in [1.82, 2.24) is 9.29 Å². The summed E-state index contributed by atoms with van der Waals surface area (Å²) < 4.78 is 27.4. The highest BCUT2D eigenvalue weighted by Gasteiger charge is 2.31. The van der Waals surface area contributed by atoms with Crippen LogP contribution >= 0.6 is 0 Å². The van der Waals surface area contributed by atoms with Gasteiger partial charge in [-0.1, -0.05) is 12.1 Å². The molecule has 1 aliphatic heterocycles. The number of nitrogens with zero attached hydrogens (tertiary/aromatic N) is 5. The predicted molar refractivity (Wildman–Crippen MR) is 111 cm³/mol. The first-order valence-electron chi connectivity index (χ1n) is 9.19. The second-order valence-corrected chi connectivity index (χ2v) is 8.69. The number of nitro groups is 1. The van der Waals surface area contributed by atoms with E-state index < -0.39 is 14.9 Å². The molecule has 3 aromatic rings. The highest BCUT2D eigenvalue weighted by atomic mass is 32.2. The second kappa shape index (κ2) is 7.70. The number of fused-ring (bicyclic) bond motifs is 1. The van der Waals surface area contributed by atoms with Gasteiger partial charge in [0.2, 0.25) is 10.0 Å². The van der Waals surface area contributed by atoms with Gasteiger partial charge in [-0.15, -0.1) is 0 Å². The molecule has 10 heteroatoms. The van der Waals surface area contributed by atoms with Gasteiger partial charge in [-0.3, -0.25) is 15.1 Å². The van der Waals surface area contributed by atoms with E-state index in [-0.39, 0.29) is 29.2 Å². The molecule has 2 heterocycles. The van der Waals surface area contributed by atoms with E-state index in [2.05, 4.69) is 4.98 Å². The van der Waals surface area contributed by atoms with Crippen molar-refractivity contribution in [2.24, 2.45) is 0 Å². The van der Waals surface area contributed by atoms with Gasteiger partial charge in [0.25, 0.3) is 5.69 Å². The minimum absolute atomic E-state index is 0.00723. The Balaban J connectivity index is 1.61. The largest absolute Gasteiger partial charge is 0.368 e. The van der Waals surface area contributed by atoms with Crippen molar-refractivity contribution in [3.8, 4) is 6.07 Å². The standard InChI is InChI=1S/C20H17N5O4S/c21-13-15-3-1-2-4-20(15)30(28,29)24-11-9-23(10-12-24)18-5-6-19(25(26)27)17-14-22-8-7-16(17)18/h1-8,14H,9-12H2. The minimum atomic E-state index is -3.79. The average Bonchev–Trinajstić information content (AvgIpc) is 2.78. The quantitative estimate of drug-likeness (QED) is 0.467. The minimum Gasteiger partial charge on any atom is -0.368 e. The van der Waals surface area contributed by atoms with Crippen molar-refractivity contribution in [2.75, 3.05) is 31.1 Å². The Morgan fingerprint density at radius 1 is 1.03 bits per heavy atom. The first-order chi connectivity index (χ1) is 14.4. The second-order valence-electron chi connectivity index (χ2n) is 6.78. The molecule has 2 aromatic carbocycles. The van der Waals surface area contributed by atoms with Gasteiger partial charge in [0.1, 0.15) is 6.07 Å². The lowest BCUT2D eigenvalue weighted by molar-refractivity contribution is -0.383. The van der Waals surface area contributed by atoms with E-state index in [9.17, 15) is 23.8 Å². The average molecular weight is 423 g/mol. The van der Waals surface area contributed by atoms with E-state index in [0.717, 1.165) is 5.69 Å². The van der Waals surface area contributed by atoms with Gasteiger partial charge < -0.3 is 4.90 Å². The number of nitriles is 1. The van der Waals surface area contributed by atoms with Crippen LogP contribution in [0.25, 0.3) is 10.8 Å². The van der Waals surface area contributed by atoms with E-state index in [4.69, 9.17) is 0 Å². The molecule has 1 saturated heterocycles. The van der Waals surface area contributed by atoms with E-state index in [1.54, 1.807) is 30.5 Å². The molecule has 4 rings (SSSR count). The zero-order chi connectivity index (χ0) is 21.3. The maximum atomic E-state index is 13.0. The molecule has 1 aromatic heterocycles. The lowest BCUT2D eigenvalue weighted by Gasteiger charge is -2.36. The van der Waals surface area contributed by atoms with Crippen molar-refractivity contribution >= 4 is 32.2 Å². The Hall–Kier alpha value is -3.55. The van der Waals surface area contributed by atoms with Crippen LogP contribution in [-0.2, 0) is 10.0 Å². The molecule has 0 aliphatic carbocycles. The monoisotopic (exact) mass is 423 g/mol. The zero-order valence-corrected chi connectivity index (χ0v) is 16.6. The Morgan fingerprint density at radius 2 is 1.77 bits per heavy atom. The number of nitro benzene ring substituents is 1. The normalized spacial score (nSPS) is 15.1. The van der Waals surface area contributed by atoms with Crippen LogP contribution in [0.5, 0.6) is 0 Å². The maximum absolute atomic E-state index is 13.0. The lowest BCUT2D eigenvalue weighted by Crippen LogP contribution is -2.48. The molecule has 30 heavy (non-hydrogen) atoms. The number of aromatic nitrogens is 1. The highest BCUT2D eigenvalue weighted by molar-refractivity contribution is 7.89. The number of rotatable bonds is 4. The van der Waals surface area contributed by atoms with Crippen LogP contribution in [0.4, 0.5) is 11.4 Å². The molecule has 0 saturated carbocycles. The molecule has 0 radical (unpaired) electrons.